The molecule has 0 spiro atoms. The van der Waals surface area contributed by atoms with Gasteiger partial charge in [-0.2, -0.15) is 0 Å². The highest BCUT2D eigenvalue weighted by Crippen LogP contribution is 2.28. The molecule has 0 bridgehead atoms. The first-order chi connectivity index (χ1) is 9.36. The molecule has 2 aliphatic rings. The van der Waals surface area contributed by atoms with Crippen LogP contribution in [0.1, 0.15) is 30.1 Å². The molecular weight excluding hydrogens is 240 g/mol. The molecule has 0 amide bonds. The van der Waals surface area contributed by atoms with E-state index in [1.807, 2.05) is 0 Å². The summed E-state index contributed by atoms with van der Waals surface area (Å²) >= 11 is 0. The Morgan fingerprint density at radius 2 is 2.00 bits per heavy atom. The molecule has 3 rings (SSSR count). The summed E-state index contributed by atoms with van der Waals surface area (Å²) in [5, 5.41) is 12.1. The minimum absolute atomic E-state index is 0.192. The van der Waals surface area contributed by atoms with E-state index in [1.54, 1.807) is 0 Å². The minimum Gasteiger partial charge on any atom is -0.411 e. The molecule has 1 saturated heterocycles. The molecule has 1 aromatic carbocycles. The summed E-state index contributed by atoms with van der Waals surface area (Å²) in [6, 6.07) is 8.58. The fraction of sp³-hybridized carbons (Fsp3) is 0.533. The predicted molar refractivity (Wildman–Crippen MR) is 73.7 cm³/mol. The van der Waals surface area contributed by atoms with Crippen molar-refractivity contribution in [2.45, 2.75) is 25.4 Å². The van der Waals surface area contributed by atoms with Crippen molar-refractivity contribution in [1.29, 1.82) is 0 Å². The van der Waals surface area contributed by atoms with Gasteiger partial charge in [0.05, 0.1) is 18.4 Å². The summed E-state index contributed by atoms with van der Waals surface area (Å²) in [5.74, 6) is 0. The zero-order valence-corrected chi connectivity index (χ0v) is 11.1. The Kier molecular flexibility index (Phi) is 3.80. The highest BCUT2D eigenvalue weighted by atomic mass is 16.5. The molecule has 1 atom stereocenters. The lowest BCUT2D eigenvalue weighted by Gasteiger charge is -2.33. The zero-order valence-electron chi connectivity index (χ0n) is 11.1. The molecule has 4 heteroatoms. The van der Waals surface area contributed by atoms with E-state index in [-0.39, 0.29) is 6.10 Å². The Labute approximate surface area is 113 Å². The van der Waals surface area contributed by atoms with Gasteiger partial charge in [0.2, 0.25) is 0 Å². The number of ether oxygens (including phenoxy) is 1. The molecule has 1 unspecified atom stereocenters. The number of nitrogens with zero attached hydrogens (tertiary/aromatic N) is 2. The Morgan fingerprint density at radius 1 is 1.21 bits per heavy atom. The van der Waals surface area contributed by atoms with Crippen LogP contribution in [0.15, 0.2) is 29.4 Å². The lowest BCUT2D eigenvalue weighted by atomic mass is 9.96. The van der Waals surface area contributed by atoms with Gasteiger partial charge < -0.3 is 9.94 Å². The molecule has 0 aromatic heterocycles. The highest BCUT2D eigenvalue weighted by Gasteiger charge is 2.24. The zero-order chi connectivity index (χ0) is 13.1. The van der Waals surface area contributed by atoms with E-state index in [9.17, 15) is 0 Å². The van der Waals surface area contributed by atoms with Gasteiger partial charge in [0.15, 0.2) is 0 Å². The quantitative estimate of drug-likeness (QED) is 0.655. The van der Waals surface area contributed by atoms with Gasteiger partial charge in [0.25, 0.3) is 0 Å². The average Bonchev–Trinajstić information content (AvgIpc) is 2.48. The van der Waals surface area contributed by atoms with E-state index in [4.69, 9.17) is 9.94 Å². The van der Waals surface area contributed by atoms with Crippen LogP contribution in [0, 0.1) is 0 Å². The fourth-order valence-electron chi connectivity index (χ4n) is 2.96. The molecule has 2 aliphatic heterocycles. The first-order valence-electron chi connectivity index (χ1n) is 6.98. The van der Waals surface area contributed by atoms with Gasteiger partial charge in [-0.1, -0.05) is 29.4 Å². The molecule has 4 nitrogen and oxygen atoms in total. The first-order valence-corrected chi connectivity index (χ1v) is 6.98. The Balaban J connectivity index is 1.65. The van der Waals surface area contributed by atoms with Crippen LogP contribution in [0.2, 0.25) is 0 Å². The maximum absolute atomic E-state index is 8.77. The molecule has 1 aromatic rings. The largest absolute Gasteiger partial charge is 0.411 e. The van der Waals surface area contributed by atoms with Crippen molar-refractivity contribution in [2.24, 2.45) is 5.16 Å². The monoisotopic (exact) mass is 260 g/mol. The van der Waals surface area contributed by atoms with Crippen LogP contribution in [-0.4, -0.2) is 42.1 Å². The van der Waals surface area contributed by atoms with Gasteiger partial charge in [-0.15, -0.1) is 0 Å². The summed E-state index contributed by atoms with van der Waals surface area (Å²) in [6.45, 7) is 3.68. The summed E-state index contributed by atoms with van der Waals surface area (Å²) in [4.78, 5) is 2.40. The number of oxime groups is 1. The van der Waals surface area contributed by atoms with Crippen LogP contribution >= 0.6 is 0 Å². The third-order valence-electron chi connectivity index (χ3n) is 4.09. The normalized spacial score (nSPS) is 24.0. The van der Waals surface area contributed by atoms with Crippen molar-refractivity contribution in [2.75, 3.05) is 26.2 Å². The van der Waals surface area contributed by atoms with E-state index in [1.165, 1.54) is 11.1 Å². The van der Waals surface area contributed by atoms with Gasteiger partial charge >= 0.3 is 0 Å². The molecule has 1 N–H and O–H groups in total. The van der Waals surface area contributed by atoms with Gasteiger partial charge in [-0.05, 0) is 17.5 Å². The van der Waals surface area contributed by atoms with Crippen LogP contribution in [-0.2, 0) is 11.2 Å². The number of likely N-dealkylation sites (tertiary alicyclic amines) is 1. The lowest BCUT2D eigenvalue weighted by Crippen LogP contribution is -2.38. The van der Waals surface area contributed by atoms with Crippen LogP contribution in [0.4, 0.5) is 0 Å². The van der Waals surface area contributed by atoms with Gasteiger partial charge in [0.1, 0.15) is 0 Å². The van der Waals surface area contributed by atoms with Crippen LogP contribution in [0.3, 0.4) is 0 Å². The second-order valence-corrected chi connectivity index (χ2v) is 5.28. The Hall–Kier alpha value is -1.39. The van der Waals surface area contributed by atoms with Crippen molar-refractivity contribution in [1.82, 2.24) is 4.90 Å². The first kappa shape index (κ1) is 12.6. The van der Waals surface area contributed by atoms with E-state index in [0.29, 0.717) is 0 Å². The third kappa shape index (κ3) is 2.80. The average molecular weight is 260 g/mol. The predicted octanol–water partition coefficient (Wildman–Crippen LogP) is 2.23. The molecule has 0 aliphatic carbocycles. The smallest absolute Gasteiger partial charge is 0.0954 e. The summed E-state index contributed by atoms with van der Waals surface area (Å²) in [7, 11) is 0. The molecular formula is C15H20N2O2. The summed E-state index contributed by atoms with van der Waals surface area (Å²) in [5.41, 5.74) is 3.69. The lowest BCUT2D eigenvalue weighted by molar-refractivity contribution is 0.0156. The van der Waals surface area contributed by atoms with Crippen LogP contribution in [0.5, 0.6) is 0 Å². The van der Waals surface area contributed by atoms with E-state index in [2.05, 4.69) is 34.3 Å². The fourth-order valence-corrected chi connectivity index (χ4v) is 2.96. The number of hydrogen-bond acceptors (Lipinski definition) is 4. The third-order valence-corrected chi connectivity index (χ3v) is 4.09. The van der Waals surface area contributed by atoms with E-state index < -0.39 is 0 Å². The molecule has 19 heavy (non-hydrogen) atoms. The van der Waals surface area contributed by atoms with Crippen LogP contribution < -0.4 is 0 Å². The van der Waals surface area contributed by atoms with E-state index >= 15 is 0 Å². The number of piperidine rings is 1. The SMILES string of the molecule is ON=C1CCN(CC2OCCc3ccccc32)CC1. The molecule has 1 fully saturated rings. The number of fused-ring (bicyclic) bond motifs is 1. The second-order valence-electron chi connectivity index (χ2n) is 5.28. The van der Waals surface area contributed by atoms with Gasteiger partial charge in [-0.25, -0.2) is 0 Å². The minimum atomic E-state index is 0.192. The number of rotatable bonds is 2. The van der Waals surface area contributed by atoms with E-state index in [0.717, 1.165) is 51.2 Å². The Bertz CT molecular complexity index is 463. The van der Waals surface area contributed by atoms with Crippen molar-refractivity contribution in [3.05, 3.63) is 35.4 Å². The maximum Gasteiger partial charge on any atom is 0.0954 e. The van der Waals surface area contributed by atoms with Crippen molar-refractivity contribution in [3.63, 3.8) is 0 Å². The molecule has 0 radical (unpaired) electrons. The number of hydrogen-bond donors (Lipinski definition) is 1. The van der Waals surface area contributed by atoms with Crippen molar-refractivity contribution >= 4 is 5.71 Å². The van der Waals surface area contributed by atoms with Crippen LogP contribution in [0.25, 0.3) is 0 Å². The second kappa shape index (κ2) is 5.72. The molecule has 0 saturated carbocycles. The van der Waals surface area contributed by atoms with Gasteiger partial charge in [0, 0.05) is 32.5 Å². The van der Waals surface area contributed by atoms with Crippen molar-refractivity contribution in [3.8, 4) is 0 Å². The summed E-state index contributed by atoms with van der Waals surface area (Å²) in [6.07, 6.45) is 2.95. The standard InChI is InChI=1S/C15H20N2O2/c18-16-13-5-8-17(9-6-13)11-15-14-4-2-1-3-12(14)7-10-19-15/h1-4,15,18H,5-11H2. The topological polar surface area (TPSA) is 45.1 Å². The Morgan fingerprint density at radius 3 is 2.79 bits per heavy atom. The maximum atomic E-state index is 8.77. The molecule has 102 valence electrons. The van der Waals surface area contributed by atoms with Gasteiger partial charge in [-0.3, -0.25) is 4.90 Å². The highest BCUT2D eigenvalue weighted by molar-refractivity contribution is 5.84. The summed E-state index contributed by atoms with van der Waals surface area (Å²) < 4.78 is 5.94. The molecule has 2 heterocycles. The number of benzene rings is 1. The van der Waals surface area contributed by atoms with Crippen molar-refractivity contribution < 1.29 is 9.94 Å².